The molecule has 0 atom stereocenters. The van der Waals surface area contributed by atoms with Gasteiger partial charge in [-0.25, -0.2) is 0 Å². The number of rotatable bonds is 4. The zero-order chi connectivity index (χ0) is 12.1. The average molecular weight is 243 g/mol. The molecule has 0 aliphatic carbocycles. The minimum absolute atomic E-state index is 0.958. The number of likely N-dealkylation sites (N-methyl/N-ethyl adjacent to an activating group) is 1. The highest BCUT2D eigenvalue weighted by Crippen LogP contribution is 2.24. The Bertz CT molecular complexity index is 469. The van der Waals surface area contributed by atoms with Crippen molar-refractivity contribution in [1.29, 1.82) is 0 Å². The van der Waals surface area contributed by atoms with Crippen LogP contribution in [0.4, 0.5) is 0 Å². The number of nitrogens with zero attached hydrogens (tertiary/aromatic N) is 1. The molecule has 1 heterocycles. The van der Waals surface area contributed by atoms with Gasteiger partial charge in [-0.1, -0.05) is 36.4 Å². The summed E-state index contributed by atoms with van der Waals surface area (Å²) in [6.45, 7) is 0.958. The Kier molecular flexibility index (Phi) is 4.13. The fourth-order valence-electron chi connectivity index (χ4n) is 1.71. The van der Waals surface area contributed by atoms with Crippen molar-refractivity contribution in [3.8, 4) is 0 Å². The quantitative estimate of drug-likeness (QED) is 0.790. The van der Waals surface area contributed by atoms with Crippen LogP contribution in [0.15, 0.2) is 53.2 Å². The predicted molar refractivity (Wildman–Crippen MR) is 76.4 cm³/mol. The summed E-state index contributed by atoms with van der Waals surface area (Å²) in [5.74, 6) is 0. The van der Waals surface area contributed by atoms with Crippen LogP contribution in [-0.2, 0) is 0 Å². The van der Waals surface area contributed by atoms with Crippen LogP contribution < -0.4 is 0 Å². The van der Waals surface area contributed by atoms with Crippen molar-refractivity contribution in [3.63, 3.8) is 0 Å². The second-order valence-corrected chi connectivity index (χ2v) is 5.04. The van der Waals surface area contributed by atoms with E-state index in [1.807, 2.05) is 0 Å². The summed E-state index contributed by atoms with van der Waals surface area (Å²) < 4.78 is 0. The van der Waals surface area contributed by atoms with Gasteiger partial charge >= 0.3 is 0 Å². The Morgan fingerprint density at radius 3 is 2.47 bits per heavy atom. The summed E-state index contributed by atoms with van der Waals surface area (Å²) in [5.41, 5.74) is 3.91. The molecule has 0 aliphatic rings. The molecular formula is C15H17NS. The van der Waals surface area contributed by atoms with Crippen LogP contribution in [0, 0.1) is 0 Å². The summed E-state index contributed by atoms with van der Waals surface area (Å²) >= 11 is 1.74. The minimum atomic E-state index is 0.958. The van der Waals surface area contributed by atoms with Gasteiger partial charge in [-0.3, -0.25) is 0 Å². The molecular weight excluding hydrogens is 226 g/mol. The van der Waals surface area contributed by atoms with Gasteiger partial charge in [0, 0.05) is 6.54 Å². The molecule has 0 aliphatic heterocycles. The minimum Gasteiger partial charge on any atom is -0.306 e. The first kappa shape index (κ1) is 12.1. The molecule has 0 saturated heterocycles. The Hall–Kier alpha value is -1.38. The number of thiophene rings is 1. The molecule has 0 saturated carbocycles. The predicted octanol–water partition coefficient (Wildman–Crippen LogP) is 3.74. The second kappa shape index (κ2) is 5.80. The fraction of sp³-hybridized carbons (Fsp3) is 0.200. The zero-order valence-electron chi connectivity index (χ0n) is 10.3. The lowest BCUT2D eigenvalue weighted by Crippen LogP contribution is -2.11. The summed E-state index contributed by atoms with van der Waals surface area (Å²) in [6.07, 6.45) is 2.29. The molecule has 0 bridgehead atoms. The highest BCUT2D eigenvalue weighted by molar-refractivity contribution is 7.08. The summed E-state index contributed by atoms with van der Waals surface area (Å²) in [5, 5.41) is 4.33. The van der Waals surface area contributed by atoms with E-state index in [2.05, 4.69) is 72.2 Å². The molecule has 0 N–H and O–H groups in total. The van der Waals surface area contributed by atoms with Crippen molar-refractivity contribution in [2.45, 2.75) is 0 Å². The highest BCUT2D eigenvalue weighted by atomic mass is 32.1. The van der Waals surface area contributed by atoms with Gasteiger partial charge in [0.1, 0.15) is 0 Å². The Labute approximate surface area is 107 Å². The molecule has 2 rings (SSSR count). The third-order valence-electron chi connectivity index (χ3n) is 2.58. The molecule has 0 amide bonds. The molecule has 1 aromatic carbocycles. The van der Waals surface area contributed by atoms with E-state index in [1.54, 1.807) is 11.3 Å². The maximum atomic E-state index is 2.29. The molecule has 17 heavy (non-hydrogen) atoms. The molecule has 1 aromatic heterocycles. The Morgan fingerprint density at radius 2 is 1.88 bits per heavy atom. The van der Waals surface area contributed by atoms with Crippen LogP contribution in [0.3, 0.4) is 0 Å². The van der Waals surface area contributed by atoms with Crippen molar-refractivity contribution in [3.05, 3.63) is 64.4 Å². The zero-order valence-corrected chi connectivity index (χ0v) is 11.1. The van der Waals surface area contributed by atoms with Gasteiger partial charge in [0.15, 0.2) is 0 Å². The van der Waals surface area contributed by atoms with E-state index < -0.39 is 0 Å². The largest absolute Gasteiger partial charge is 0.306 e. The van der Waals surface area contributed by atoms with Crippen molar-refractivity contribution in [2.75, 3.05) is 20.6 Å². The molecule has 88 valence electrons. The molecule has 0 radical (unpaired) electrons. The van der Waals surface area contributed by atoms with Gasteiger partial charge in [0.2, 0.25) is 0 Å². The Balaban J connectivity index is 2.35. The van der Waals surface area contributed by atoms with Crippen LogP contribution in [0.5, 0.6) is 0 Å². The first-order valence-corrected chi connectivity index (χ1v) is 6.64. The van der Waals surface area contributed by atoms with E-state index in [0.29, 0.717) is 0 Å². The van der Waals surface area contributed by atoms with Gasteiger partial charge in [0.25, 0.3) is 0 Å². The second-order valence-electron chi connectivity index (χ2n) is 4.26. The lowest BCUT2D eigenvalue weighted by atomic mass is 10.00. The molecule has 1 nitrogen and oxygen atoms in total. The van der Waals surface area contributed by atoms with E-state index >= 15 is 0 Å². The van der Waals surface area contributed by atoms with Gasteiger partial charge in [0.05, 0.1) is 0 Å². The van der Waals surface area contributed by atoms with Crippen molar-refractivity contribution in [2.24, 2.45) is 0 Å². The SMILES string of the molecule is CN(C)C/C=C(\c1ccccc1)c1ccsc1. The third kappa shape index (κ3) is 3.29. The normalized spacial score (nSPS) is 12.1. The molecule has 2 aromatic rings. The van der Waals surface area contributed by atoms with Crippen molar-refractivity contribution >= 4 is 16.9 Å². The number of hydrogen-bond acceptors (Lipinski definition) is 2. The highest BCUT2D eigenvalue weighted by Gasteiger charge is 2.04. The summed E-state index contributed by atoms with van der Waals surface area (Å²) in [4.78, 5) is 2.18. The smallest absolute Gasteiger partial charge is 0.0166 e. The first-order valence-electron chi connectivity index (χ1n) is 5.70. The van der Waals surface area contributed by atoms with E-state index in [9.17, 15) is 0 Å². The molecule has 0 unspecified atom stereocenters. The van der Waals surface area contributed by atoms with Crippen LogP contribution in [0.2, 0.25) is 0 Å². The van der Waals surface area contributed by atoms with Gasteiger partial charge < -0.3 is 4.90 Å². The van der Waals surface area contributed by atoms with Crippen LogP contribution in [-0.4, -0.2) is 25.5 Å². The van der Waals surface area contributed by atoms with Gasteiger partial charge in [-0.15, -0.1) is 0 Å². The third-order valence-corrected chi connectivity index (χ3v) is 3.26. The van der Waals surface area contributed by atoms with Crippen LogP contribution in [0.25, 0.3) is 5.57 Å². The van der Waals surface area contributed by atoms with Crippen LogP contribution >= 0.6 is 11.3 Å². The van der Waals surface area contributed by atoms with E-state index in [1.165, 1.54) is 16.7 Å². The summed E-state index contributed by atoms with van der Waals surface area (Å²) in [6, 6.07) is 12.7. The molecule has 0 spiro atoms. The fourth-order valence-corrected chi connectivity index (χ4v) is 2.37. The van der Waals surface area contributed by atoms with Gasteiger partial charge in [-0.2, -0.15) is 11.3 Å². The van der Waals surface area contributed by atoms with E-state index in [4.69, 9.17) is 0 Å². The topological polar surface area (TPSA) is 3.24 Å². The Morgan fingerprint density at radius 1 is 1.12 bits per heavy atom. The maximum absolute atomic E-state index is 2.29. The van der Waals surface area contributed by atoms with E-state index in [0.717, 1.165) is 6.54 Å². The first-order chi connectivity index (χ1) is 8.27. The molecule has 2 heteroatoms. The van der Waals surface area contributed by atoms with Crippen LogP contribution in [0.1, 0.15) is 11.1 Å². The standard InChI is InChI=1S/C15H17NS/c1-16(2)10-8-15(14-9-11-17-12-14)13-6-4-3-5-7-13/h3-9,11-12H,10H2,1-2H3/b15-8+. The number of benzene rings is 1. The monoisotopic (exact) mass is 243 g/mol. The van der Waals surface area contributed by atoms with Crippen molar-refractivity contribution in [1.82, 2.24) is 4.90 Å². The van der Waals surface area contributed by atoms with Gasteiger partial charge in [-0.05, 0) is 47.6 Å². The average Bonchev–Trinajstić information content (AvgIpc) is 2.84. The van der Waals surface area contributed by atoms with Crippen molar-refractivity contribution < 1.29 is 0 Å². The molecule has 0 fully saturated rings. The summed E-state index contributed by atoms with van der Waals surface area (Å²) in [7, 11) is 4.18. The lowest BCUT2D eigenvalue weighted by Gasteiger charge is -2.10. The maximum Gasteiger partial charge on any atom is 0.0166 e. The lowest BCUT2D eigenvalue weighted by molar-refractivity contribution is 0.457. The van der Waals surface area contributed by atoms with E-state index in [-0.39, 0.29) is 0 Å². The number of hydrogen-bond donors (Lipinski definition) is 0.